The SMILES string of the molecule is CC=C(C)C(C(C)=CC)=C(C)C(C)=O. The van der Waals surface area contributed by atoms with Gasteiger partial charge >= 0.3 is 0 Å². The predicted octanol–water partition coefficient (Wildman–Crippen LogP) is 3.82. The Morgan fingerprint density at radius 3 is 1.43 bits per heavy atom. The maximum absolute atomic E-state index is 11.3. The van der Waals surface area contributed by atoms with Gasteiger partial charge < -0.3 is 0 Å². The Hall–Kier alpha value is -1.11. The van der Waals surface area contributed by atoms with Crippen LogP contribution in [-0.2, 0) is 4.79 Å². The van der Waals surface area contributed by atoms with Crippen molar-refractivity contribution in [3.05, 3.63) is 34.4 Å². The number of carbonyl (C=O) groups is 1. The summed E-state index contributed by atoms with van der Waals surface area (Å²) < 4.78 is 0. The van der Waals surface area contributed by atoms with E-state index in [0.717, 1.165) is 22.3 Å². The van der Waals surface area contributed by atoms with Crippen LogP contribution in [0.5, 0.6) is 0 Å². The van der Waals surface area contributed by atoms with Gasteiger partial charge in [0, 0.05) is 0 Å². The third-order valence-electron chi connectivity index (χ3n) is 2.56. The Kier molecular flexibility index (Phi) is 5.14. The molecule has 0 rings (SSSR count). The molecule has 0 amide bonds. The smallest absolute Gasteiger partial charge is 0.156 e. The van der Waals surface area contributed by atoms with Gasteiger partial charge in [0.05, 0.1) is 0 Å². The van der Waals surface area contributed by atoms with Crippen LogP contribution in [0.15, 0.2) is 34.4 Å². The molecule has 1 heteroatoms. The predicted molar refractivity (Wildman–Crippen MR) is 62.2 cm³/mol. The van der Waals surface area contributed by atoms with Crippen LogP contribution in [0.25, 0.3) is 0 Å². The summed E-state index contributed by atoms with van der Waals surface area (Å²) in [5.74, 6) is 0.141. The van der Waals surface area contributed by atoms with E-state index in [0.29, 0.717) is 0 Å². The van der Waals surface area contributed by atoms with E-state index in [1.165, 1.54) is 0 Å². The molecule has 0 aliphatic heterocycles. The maximum atomic E-state index is 11.3. The van der Waals surface area contributed by atoms with Gasteiger partial charge in [-0.1, -0.05) is 12.2 Å². The number of ketones is 1. The molecule has 0 saturated carbocycles. The highest BCUT2D eigenvalue weighted by molar-refractivity contribution is 5.95. The average molecular weight is 192 g/mol. The Morgan fingerprint density at radius 1 is 0.857 bits per heavy atom. The fraction of sp³-hybridized carbons (Fsp3) is 0.462. The molecule has 14 heavy (non-hydrogen) atoms. The molecular formula is C13H20O. The minimum absolute atomic E-state index is 0.141. The molecule has 0 aliphatic carbocycles. The van der Waals surface area contributed by atoms with Gasteiger partial charge in [0.1, 0.15) is 0 Å². The van der Waals surface area contributed by atoms with Gasteiger partial charge in [-0.05, 0) is 63.8 Å². The minimum Gasteiger partial charge on any atom is -0.295 e. The lowest BCUT2D eigenvalue weighted by Gasteiger charge is -2.11. The Balaban J connectivity index is 5.55. The quantitative estimate of drug-likeness (QED) is 0.490. The molecule has 0 aliphatic rings. The molecule has 78 valence electrons. The molecule has 0 radical (unpaired) electrons. The number of carbonyl (C=O) groups excluding carboxylic acids is 1. The summed E-state index contributed by atoms with van der Waals surface area (Å²) in [6.45, 7) is 11.6. The summed E-state index contributed by atoms with van der Waals surface area (Å²) in [6.07, 6.45) is 4.07. The van der Waals surface area contributed by atoms with E-state index in [-0.39, 0.29) is 5.78 Å². The molecular weight excluding hydrogens is 172 g/mol. The fourth-order valence-electron chi connectivity index (χ4n) is 1.37. The summed E-state index contributed by atoms with van der Waals surface area (Å²) >= 11 is 0. The standard InChI is InChI=1S/C13H20O/c1-7-9(3)13(10(4)8-2)11(5)12(6)14/h7-8H,1-6H3. The van der Waals surface area contributed by atoms with Crippen molar-refractivity contribution in [2.24, 2.45) is 0 Å². The van der Waals surface area contributed by atoms with Gasteiger partial charge in [-0.3, -0.25) is 4.79 Å². The van der Waals surface area contributed by atoms with Crippen molar-refractivity contribution in [2.45, 2.75) is 41.5 Å². The van der Waals surface area contributed by atoms with Crippen LogP contribution < -0.4 is 0 Å². The molecule has 0 aromatic carbocycles. The molecule has 0 fully saturated rings. The van der Waals surface area contributed by atoms with Crippen molar-refractivity contribution in [3.8, 4) is 0 Å². The zero-order valence-corrected chi connectivity index (χ0v) is 10.1. The van der Waals surface area contributed by atoms with Crippen LogP contribution in [-0.4, -0.2) is 5.78 Å². The molecule has 0 bridgehead atoms. The van der Waals surface area contributed by atoms with Gasteiger partial charge in [-0.25, -0.2) is 0 Å². The number of hydrogen-bond acceptors (Lipinski definition) is 1. The van der Waals surface area contributed by atoms with Crippen LogP contribution in [0.2, 0.25) is 0 Å². The first kappa shape index (κ1) is 12.9. The van der Waals surface area contributed by atoms with E-state index in [4.69, 9.17) is 0 Å². The first-order valence-corrected chi connectivity index (χ1v) is 4.94. The van der Waals surface area contributed by atoms with E-state index < -0.39 is 0 Å². The van der Waals surface area contributed by atoms with Crippen molar-refractivity contribution in [2.75, 3.05) is 0 Å². The third-order valence-corrected chi connectivity index (χ3v) is 2.56. The van der Waals surface area contributed by atoms with Gasteiger partial charge in [-0.2, -0.15) is 0 Å². The molecule has 0 aromatic heterocycles. The van der Waals surface area contributed by atoms with Crippen LogP contribution in [0, 0.1) is 0 Å². The molecule has 0 aromatic rings. The zero-order valence-electron chi connectivity index (χ0n) is 10.1. The monoisotopic (exact) mass is 192 g/mol. The van der Waals surface area contributed by atoms with Crippen LogP contribution >= 0.6 is 0 Å². The normalized spacial score (nSPS) is 12.7. The fourth-order valence-corrected chi connectivity index (χ4v) is 1.37. The number of rotatable bonds is 3. The first-order chi connectivity index (χ1) is 6.45. The molecule has 0 spiro atoms. The molecule has 1 nitrogen and oxygen atoms in total. The molecule has 0 atom stereocenters. The van der Waals surface area contributed by atoms with E-state index in [1.54, 1.807) is 6.92 Å². The second-order valence-electron chi connectivity index (χ2n) is 3.50. The molecule has 0 unspecified atom stereocenters. The summed E-state index contributed by atoms with van der Waals surface area (Å²) in [4.78, 5) is 11.3. The highest BCUT2D eigenvalue weighted by Crippen LogP contribution is 2.23. The minimum atomic E-state index is 0.141. The Labute approximate surface area is 87.2 Å². The number of Topliss-reactive ketones (excluding diaryl/α,β-unsaturated/α-hetero) is 1. The van der Waals surface area contributed by atoms with Gasteiger partial charge in [0.25, 0.3) is 0 Å². The zero-order chi connectivity index (χ0) is 11.3. The largest absolute Gasteiger partial charge is 0.295 e. The highest BCUT2D eigenvalue weighted by atomic mass is 16.1. The third kappa shape index (κ3) is 2.99. The molecule has 0 heterocycles. The van der Waals surface area contributed by atoms with Gasteiger partial charge in [0.15, 0.2) is 5.78 Å². The first-order valence-electron chi connectivity index (χ1n) is 4.94. The Bertz CT molecular complexity index is 294. The van der Waals surface area contributed by atoms with Crippen LogP contribution in [0.3, 0.4) is 0 Å². The van der Waals surface area contributed by atoms with Crippen molar-refractivity contribution in [1.29, 1.82) is 0 Å². The second-order valence-corrected chi connectivity index (χ2v) is 3.50. The van der Waals surface area contributed by atoms with Crippen molar-refractivity contribution in [3.63, 3.8) is 0 Å². The lowest BCUT2D eigenvalue weighted by Crippen LogP contribution is -2.00. The lowest BCUT2D eigenvalue weighted by molar-refractivity contribution is -0.113. The van der Waals surface area contributed by atoms with E-state index in [1.807, 2.05) is 46.8 Å². The number of hydrogen-bond donors (Lipinski definition) is 0. The van der Waals surface area contributed by atoms with Crippen molar-refractivity contribution in [1.82, 2.24) is 0 Å². The van der Waals surface area contributed by atoms with Crippen LogP contribution in [0.1, 0.15) is 41.5 Å². The molecule has 0 saturated heterocycles. The van der Waals surface area contributed by atoms with Crippen molar-refractivity contribution >= 4 is 5.78 Å². The van der Waals surface area contributed by atoms with E-state index in [2.05, 4.69) is 0 Å². The summed E-state index contributed by atoms with van der Waals surface area (Å²) in [7, 11) is 0. The van der Waals surface area contributed by atoms with E-state index in [9.17, 15) is 4.79 Å². The topological polar surface area (TPSA) is 17.1 Å². The summed E-state index contributed by atoms with van der Waals surface area (Å²) in [5.41, 5.74) is 4.25. The lowest BCUT2D eigenvalue weighted by atomic mass is 9.93. The maximum Gasteiger partial charge on any atom is 0.156 e. The average Bonchev–Trinajstić information content (AvgIpc) is 2.16. The number of allylic oxidation sites excluding steroid dienone is 6. The summed E-state index contributed by atoms with van der Waals surface area (Å²) in [5, 5.41) is 0. The highest BCUT2D eigenvalue weighted by Gasteiger charge is 2.09. The second kappa shape index (κ2) is 5.58. The van der Waals surface area contributed by atoms with Gasteiger partial charge in [-0.15, -0.1) is 0 Å². The molecule has 0 N–H and O–H groups in total. The van der Waals surface area contributed by atoms with E-state index >= 15 is 0 Å². The summed E-state index contributed by atoms with van der Waals surface area (Å²) in [6, 6.07) is 0. The van der Waals surface area contributed by atoms with Crippen molar-refractivity contribution < 1.29 is 4.79 Å². The van der Waals surface area contributed by atoms with Gasteiger partial charge in [0.2, 0.25) is 0 Å². The van der Waals surface area contributed by atoms with Crippen LogP contribution in [0.4, 0.5) is 0 Å². The Morgan fingerprint density at radius 2 is 1.21 bits per heavy atom.